The number of methoxy groups -OCH3 is 1. The number of ether oxygens (including phenoxy) is 1. The summed E-state index contributed by atoms with van der Waals surface area (Å²) >= 11 is 6.21. The number of aromatic nitrogens is 4. The summed E-state index contributed by atoms with van der Waals surface area (Å²) in [5.74, 6) is -0.699. The van der Waals surface area contributed by atoms with Gasteiger partial charge in [0.15, 0.2) is 0 Å². The Bertz CT molecular complexity index is 1570. The first-order chi connectivity index (χ1) is 19.4. The minimum atomic E-state index is -0.853. The van der Waals surface area contributed by atoms with Gasteiger partial charge < -0.3 is 15.0 Å². The van der Waals surface area contributed by atoms with Crippen molar-refractivity contribution in [2.75, 3.05) is 24.3 Å². The fourth-order valence-corrected chi connectivity index (χ4v) is 4.68. The van der Waals surface area contributed by atoms with Gasteiger partial charge in [0.05, 0.1) is 12.8 Å². The fourth-order valence-electron chi connectivity index (χ4n) is 4.50. The van der Waals surface area contributed by atoms with E-state index in [1.54, 1.807) is 53.4 Å². The number of amides is 3. The molecule has 40 heavy (non-hydrogen) atoms. The van der Waals surface area contributed by atoms with Gasteiger partial charge in [0.25, 0.3) is 5.91 Å². The molecule has 2 N–H and O–H groups in total. The largest absolute Gasteiger partial charge is 0.453 e. The zero-order valence-electron chi connectivity index (χ0n) is 21.3. The smallest absolute Gasteiger partial charge is 0.411 e. The second-order valence-electron chi connectivity index (χ2n) is 8.86. The van der Waals surface area contributed by atoms with E-state index >= 15 is 0 Å². The van der Waals surface area contributed by atoms with Crippen LogP contribution in [0.1, 0.15) is 22.7 Å². The molecule has 0 saturated heterocycles. The van der Waals surface area contributed by atoms with Crippen LogP contribution in [0.15, 0.2) is 79.1 Å². The number of nitrogens with zero attached hydrogens (tertiary/aromatic N) is 5. The second kappa shape index (κ2) is 11.8. The number of hydrogen-bond acceptors (Lipinski definition) is 7. The molecule has 2 heterocycles. The Morgan fingerprint density at radius 2 is 1.77 bits per heavy atom. The molecule has 0 saturated carbocycles. The molecule has 0 unspecified atom stereocenters. The average molecular weight is 558 g/mol. The van der Waals surface area contributed by atoms with Crippen molar-refractivity contribution in [2.24, 2.45) is 0 Å². The molecule has 0 spiro atoms. The highest BCUT2D eigenvalue weighted by atomic mass is 35.5. The predicted octanol–water partition coefficient (Wildman–Crippen LogP) is 4.27. The molecule has 3 aromatic carbocycles. The molecule has 1 aromatic heterocycles. The van der Waals surface area contributed by atoms with Gasteiger partial charge in [-0.2, -0.15) is 4.68 Å². The zero-order valence-corrected chi connectivity index (χ0v) is 22.1. The van der Waals surface area contributed by atoms with Crippen LogP contribution in [0, 0.1) is 0 Å². The highest BCUT2D eigenvalue weighted by Crippen LogP contribution is 2.32. The van der Waals surface area contributed by atoms with Crippen LogP contribution >= 0.6 is 11.6 Å². The summed E-state index contributed by atoms with van der Waals surface area (Å²) in [5.41, 5.74) is 4.06. The number of carbonyl (C=O) groups is 3. The van der Waals surface area contributed by atoms with Crippen LogP contribution in [-0.4, -0.2) is 56.7 Å². The standard InChI is InChI=1S/C28H24ClN7O4/c1-40-28(39)32-22-10-8-21(9-11-22)31-27(38)26-23-5-3-2-4-18(23)14-15-35(26)25(37)13-6-19-16-20(29)7-12-24(19)36-17-30-33-34-36/h2-13,16-17,26H,14-15H2,1H3,(H,31,38)(H,32,39)/t26-/m0/s1. The molecule has 11 nitrogen and oxygen atoms in total. The summed E-state index contributed by atoms with van der Waals surface area (Å²) in [6, 6.07) is 18.5. The van der Waals surface area contributed by atoms with Gasteiger partial charge in [-0.05, 0) is 76.5 Å². The lowest BCUT2D eigenvalue weighted by Crippen LogP contribution is -2.44. The van der Waals surface area contributed by atoms with Crippen LogP contribution in [0.2, 0.25) is 5.02 Å². The van der Waals surface area contributed by atoms with E-state index in [0.29, 0.717) is 40.6 Å². The molecule has 1 atom stereocenters. The maximum atomic E-state index is 13.6. The summed E-state index contributed by atoms with van der Waals surface area (Å²) in [7, 11) is 1.27. The Balaban J connectivity index is 1.40. The van der Waals surface area contributed by atoms with Gasteiger partial charge in [0, 0.05) is 34.6 Å². The van der Waals surface area contributed by atoms with Crippen molar-refractivity contribution in [3.63, 3.8) is 0 Å². The van der Waals surface area contributed by atoms with Gasteiger partial charge in [0.1, 0.15) is 12.4 Å². The van der Waals surface area contributed by atoms with Crippen molar-refractivity contribution in [1.29, 1.82) is 0 Å². The molecular formula is C28H24ClN7O4. The van der Waals surface area contributed by atoms with E-state index in [1.807, 2.05) is 24.3 Å². The van der Waals surface area contributed by atoms with Gasteiger partial charge in [-0.15, -0.1) is 5.10 Å². The summed E-state index contributed by atoms with van der Waals surface area (Å²) < 4.78 is 6.07. The van der Waals surface area contributed by atoms with E-state index in [2.05, 4.69) is 30.9 Å². The lowest BCUT2D eigenvalue weighted by Gasteiger charge is -2.35. The van der Waals surface area contributed by atoms with E-state index in [-0.39, 0.29) is 11.8 Å². The Morgan fingerprint density at radius 1 is 1.02 bits per heavy atom. The van der Waals surface area contributed by atoms with E-state index < -0.39 is 12.1 Å². The molecule has 0 radical (unpaired) electrons. The zero-order chi connectivity index (χ0) is 28.1. The van der Waals surface area contributed by atoms with Gasteiger partial charge >= 0.3 is 6.09 Å². The number of rotatable bonds is 6. The van der Waals surface area contributed by atoms with Crippen molar-refractivity contribution in [3.05, 3.63) is 101 Å². The number of anilines is 2. The minimum absolute atomic E-state index is 0.338. The molecule has 202 valence electrons. The fraction of sp³-hybridized carbons (Fsp3) is 0.143. The van der Waals surface area contributed by atoms with Crippen molar-refractivity contribution in [3.8, 4) is 5.69 Å². The third kappa shape index (κ3) is 5.84. The minimum Gasteiger partial charge on any atom is -0.453 e. The molecule has 3 amide bonds. The lowest BCUT2D eigenvalue weighted by atomic mass is 9.91. The number of benzene rings is 3. The number of nitrogens with one attached hydrogen (secondary N) is 2. The molecule has 1 aliphatic rings. The van der Waals surface area contributed by atoms with Crippen molar-refractivity contribution >= 4 is 47.0 Å². The highest BCUT2D eigenvalue weighted by Gasteiger charge is 2.35. The predicted molar refractivity (Wildman–Crippen MR) is 149 cm³/mol. The molecule has 4 aromatic rings. The SMILES string of the molecule is COC(=O)Nc1ccc(NC(=O)[C@@H]2c3ccccc3CCN2C(=O)C=Cc2cc(Cl)ccc2-n2cnnn2)cc1. The number of tetrazole rings is 1. The van der Waals surface area contributed by atoms with Crippen molar-refractivity contribution in [1.82, 2.24) is 25.1 Å². The number of carbonyl (C=O) groups excluding carboxylic acids is 3. The number of hydrogen-bond donors (Lipinski definition) is 2. The summed E-state index contributed by atoms with van der Waals surface area (Å²) in [5, 5.41) is 17.2. The molecular weight excluding hydrogens is 534 g/mol. The molecule has 0 aliphatic carbocycles. The Labute approximate surface area is 234 Å². The monoisotopic (exact) mass is 557 g/mol. The van der Waals surface area contributed by atoms with Gasteiger partial charge in [-0.1, -0.05) is 35.9 Å². The van der Waals surface area contributed by atoms with Gasteiger partial charge in [0.2, 0.25) is 5.91 Å². The number of halogens is 1. The normalized spacial score (nSPS) is 14.4. The highest BCUT2D eigenvalue weighted by molar-refractivity contribution is 6.30. The summed E-state index contributed by atoms with van der Waals surface area (Å²) in [6.45, 7) is 0.357. The third-order valence-electron chi connectivity index (χ3n) is 6.39. The summed E-state index contributed by atoms with van der Waals surface area (Å²) in [6.07, 6.45) is 4.51. The Kier molecular flexibility index (Phi) is 7.83. The first kappa shape index (κ1) is 26.6. The van der Waals surface area contributed by atoms with Crippen molar-refractivity contribution < 1.29 is 19.1 Å². The summed E-state index contributed by atoms with van der Waals surface area (Å²) in [4.78, 5) is 40.1. The van der Waals surface area contributed by atoms with E-state index in [1.165, 1.54) is 24.2 Å². The van der Waals surface area contributed by atoms with E-state index in [4.69, 9.17) is 11.6 Å². The Morgan fingerprint density at radius 3 is 2.50 bits per heavy atom. The van der Waals surface area contributed by atoms with Crippen LogP contribution in [-0.2, 0) is 20.7 Å². The maximum absolute atomic E-state index is 13.6. The second-order valence-corrected chi connectivity index (χ2v) is 9.29. The molecule has 0 bridgehead atoms. The van der Waals surface area contributed by atoms with Crippen LogP contribution < -0.4 is 10.6 Å². The van der Waals surface area contributed by atoms with Crippen LogP contribution in [0.4, 0.5) is 16.2 Å². The van der Waals surface area contributed by atoms with E-state index in [0.717, 1.165) is 11.1 Å². The Hall–Kier alpha value is -5.03. The van der Waals surface area contributed by atoms with Crippen molar-refractivity contribution in [2.45, 2.75) is 12.5 Å². The molecule has 0 fully saturated rings. The van der Waals surface area contributed by atoms with E-state index in [9.17, 15) is 14.4 Å². The van der Waals surface area contributed by atoms with Crippen LogP contribution in [0.5, 0.6) is 0 Å². The first-order valence-corrected chi connectivity index (χ1v) is 12.7. The quantitative estimate of drug-likeness (QED) is 0.338. The lowest BCUT2D eigenvalue weighted by molar-refractivity contribution is -0.135. The average Bonchev–Trinajstić information content (AvgIpc) is 3.51. The topological polar surface area (TPSA) is 131 Å². The molecule has 1 aliphatic heterocycles. The van der Waals surface area contributed by atoms with Crippen LogP contribution in [0.25, 0.3) is 11.8 Å². The van der Waals surface area contributed by atoms with Gasteiger partial charge in [-0.25, -0.2) is 4.79 Å². The van der Waals surface area contributed by atoms with Crippen LogP contribution in [0.3, 0.4) is 0 Å². The third-order valence-corrected chi connectivity index (χ3v) is 6.63. The molecule has 12 heteroatoms. The first-order valence-electron chi connectivity index (χ1n) is 12.3. The number of fused-ring (bicyclic) bond motifs is 1. The maximum Gasteiger partial charge on any atom is 0.411 e. The molecule has 5 rings (SSSR count). The van der Waals surface area contributed by atoms with Gasteiger partial charge in [-0.3, -0.25) is 14.9 Å².